The largest absolute Gasteiger partial charge is 0.369 e. The van der Waals surface area contributed by atoms with Crippen LogP contribution in [0.5, 0.6) is 0 Å². The number of anilines is 2. The van der Waals surface area contributed by atoms with Gasteiger partial charge in [-0.25, -0.2) is 8.78 Å². The van der Waals surface area contributed by atoms with Crippen molar-refractivity contribution >= 4 is 39.1 Å². The third-order valence-corrected chi connectivity index (χ3v) is 6.39. The molecule has 1 aliphatic heterocycles. The van der Waals surface area contributed by atoms with E-state index < -0.39 is 23.0 Å². The van der Waals surface area contributed by atoms with E-state index in [4.69, 9.17) is 0 Å². The lowest BCUT2D eigenvalue weighted by Gasteiger charge is -2.35. The van der Waals surface area contributed by atoms with Crippen LogP contribution in [0.1, 0.15) is 17.3 Å². The number of rotatable bonds is 4. The molecule has 1 aliphatic rings. The molecule has 0 atom stereocenters. The van der Waals surface area contributed by atoms with Gasteiger partial charge in [-0.2, -0.15) is 0 Å². The number of H-pyrrole nitrogens is 1. The van der Waals surface area contributed by atoms with E-state index in [1.807, 2.05) is 18.2 Å². The number of carbonyl (C=O) groups excluding carboxylic acids is 1. The van der Waals surface area contributed by atoms with Crippen LogP contribution >= 0.6 is 0 Å². The number of para-hydroxylation sites is 1. The summed E-state index contributed by atoms with van der Waals surface area (Å²) in [6.45, 7) is 6.89. The molecule has 1 saturated heterocycles. The summed E-state index contributed by atoms with van der Waals surface area (Å²) in [6, 6.07) is 13.7. The Morgan fingerprint density at radius 2 is 1.74 bits per heavy atom. The third-order valence-electron chi connectivity index (χ3n) is 6.39. The summed E-state index contributed by atoms with van der Waals surface area (Å²) in [4.78, 5) is 33.5. The van der Waals surface area contributed by atoms with Crippen molar-refractivity contribution in [1.82, 2.24) is 9.88 Å². The van der Waals surface area contributed by atoms with Crippen molar-refractivity contribution in [2.75, 3.05) is 42.9 Å². The molecular formula is C26H24F2N4O2. The summed E-state index contributed by atoms with van der Waals surface area (Å²) < 4.78 is 28.8. The second-order valence-corrected chi connectivity index (χ2v) is 8.42. The Labute approximate surface area is 194 Å². The van der Waals surface area contributed by atoms with Crippen LogP contribution in [0.3, 0.4) is 0 Å². The Hall–Kier alpha value is -3.78. The highest BCUT2D eigenvalue weighted by Gasteiger charge is 2.19. The van der Waals surface area contributed by atoms with Gasteiger partial charge in [-0.1, -0.05) is 19.1 Å². The van der Waals surface area contributed by atoms with Gasteiger partial charge in [-0.05, 0) is 49.0 Å². The van der Waals surface area contributed by atoms with E-state index in [-0.39, 0.29) is 27.4 Å². The number of halogens is 2. The SMILES string of the molecule is CCN1CCN(c2cccc(NC(=O)c3cc(F)cc4c(=O)c5cccc(F)c5[nH]c34)c2)CC1. The molecule has 0 bridgehead atoms. The Balaban J connectivity index is 1.49. The van der Waals surface area contributed by atoms with E-state index >= 15 is 0 Å². The van der Waals surface area contributed by atoms with Crippen molar-refractivity contribution in [3.63, 3.8) is 0 Å². The first-order valence-electron chi connectivity index (χ1n) is 11.3. The van der Waals surface area contributed by atoms with Crippen LogP contribution in [0.25, 0.3) is 21.8 Å². The van der Waals surface area contributed by atoms with E-state index in [1.165, 1.54) is 18.2 Å². The first-order valence-corrected chi connectivity index (χ1v) is 11.3. The van der Waals surface area contributed by atoms with Gasteiger partial charge in [0.15, 0.2) is 5.43 Å². The summed E-state index contributed by atoms with van der Waals surface area (Å²) in [5.74, 6) is -1.94. The molecule has 6 nitrogen and oxygen atoms in total. The lowest BCUT2D eigenvalue weighted by atomic mass is 10.0. The molecule has 1 aromatic heterocycles. The van der Waals surface area contributed by atoms with Gasteiger partial charge in [0, 0.05) is 48.3 Å². The molecule has 174 valence electrons. The van der Waals surface area contributed by atoms with Crippen molar-refractivity contribution in [3.8, 4) is 0 Å². The number of aromatic nitrogens is 1. The molecule has 0 radical (unpaired) electrons. The number of carbonyl (C=O) groups is 1. The molecule has 0 saturated carbocycles. The number of hydrogen-bond acceptors (Lipinski definition) is 4. The highest BCUT2D eigenvalue weighted by atomic mass is 19.1. The molecule has 2 heterocycles. The predicted octanol–water partition coefficient (Wildman–Crippen LogP) is 4.35. The molecule has 2 N–H and O–H groups in total. The first kappa shape index (κ1) is 22.0. The topological polar surface area (TPSA) is 68.4 Å². The van der Waals surface area contributed by atoms with Gasteiger partial charge < -0.3 is 20.1 Å². The summed E-state index contributed by atoms with van der Waals surface area (Å²) in [6.07, 6.45) is 0. The molecule has 3 aromatic carbocycles. The number of fused-ring (bicyclic) bond motifs is 2. The fourth-order valence-corrected chi connectivity index (χ4v) is 4.51. The number of aromatic amines is 1. The minimum Gasteiger partial charge on any atom is -0.369 e. The Bertz CT molecular complexity index is 1460. The quantitative estimate of drug-likeness (QED) is 0.443. The molecule has 8 heteroatoms. The molecular weight excluding hydrogens is 438 g/mol. The van der Waals surface area contributed by atoms with Crippen molar-refractivity contribution in [3.05, 3.63) is 82.0 Å². The fourth-order valence-electron chi connectivity index (χ4n) is 4.51. The van der Waals surface area contributed by atoms with Crippen molar-refractivity contribution < 1.29 is 13.6 Å². The number of benzene rings is 3. The lowest BCUT2D eigenvalue weighted by Crippen LogP contribution is -2.46. The monoisotopic (exact) mass is 462 g/mol. The van der Waals surface area contributed by atoms with Crippen molar-refractivity contribution in [2.45, 2.75) is 6.92 Å². The minimum atomic E-state index is -0.721. The Morgan fingerprint density at radius 1 is 0.971 bits per heavy atom. The van der Waals surface area contributed by atoms with Crippen LogP contribution in [0.2, 0.25) is 0 Å². The maximum atomic E-state index is 14.4. The van der Waals surface area contributed by atoms with Crippen LogP contribution in [0.15, 0.2) is 59.4 Å². The Kier molecular flexibility index (Phi) is 5.75. The normalized spacial score (nSPS) is 14.6. The molecule has 4 aromatic rings. The third kappa shape index (κ3) is 4.01. The predicted molar refractivity (Wildman–Crippen MR) is 131 cm³/mol. The lowest BCUT2D eigenvalue weighted by molar-refractivity contribution is 0.102. The second kappa shape index (κ2) is 8.87. The fraction of sp³-hybridized carbons (Fsp3) is 0.231. The van der Waals surface area contributed by atoms with E-state index in [2.05, 4.69) is 27.0 Å². The van der Waals surface area contributed by atoms with Crippen LogP contribution in [-0.2, 0) is 0 Å². The first-order chi connectivity index (χ1) is 16.4. The van der Waals surface area contributed by atoms with Crippen molar-refractivity contribution in [2.24, 2.45) is 0 Å². The maximum absolute atomic E-state index is 14.4. The van der Waals surface area contributed by atoms with E-state index in [1.54, 1.807) is 6.07 Å². The van der Waals surface area contributed by atoms with Crippen LogP contribution in [0, 0.1) is 11.6 Å². The second-order valence-electron chi connectivity index (χ2n) is 8.42. The molecule has 34 heavy (non-hydrogen) atoms. The van der Waals surface area contributed by atoms with E-state index in [9.17, 15) is 18.4 Å². The number of piperazine rings is 1. The number of amides is 1. The van der Waals surface area contributed by atoms with Gasteiger partial charge in [0.25, 0.3) is 5.91 Å². The van der Waals surface area contributed by atoms with E-state index in [0.29, 0.717) is 5.69 Å². The molecule has 5 rings (SSSR count). The van der Waals surface area contributed by atoms with Gasteiger partial charge in [0.1, 0.15) is 11.6 Å². The van der Waals surface area contributed by atoms with Gasteiger partial charge in [0.05, 0.1) is 16.6 Å². The molecule has 0 aliphatic carbocycles. The van der Waals surface area contributed by atoms with Crippen LogP contribution in [0.4, 0.5) is 20.2 Å². The van der Waals surface area contributed by atoms with Gasteiger partial charge in [0.2, 0.25) is 0 Å². The van der Waals surface area contributed by atoms with Crippen LogP contribution in [-0.4, -0.2) is 48.5 Å². The highest BCUT2D eigenvalue weighted by Crippen LogP contribution is 2.25. The standard InChI is InChI=1S/C26H24F2N4O2/c1-2-31-9-11-32(12-10-31)18-6-3-5-17(15-18)29-26(34)21-14-16(27)13-20-23(21)30-24-19(25(20)33)7-4-8-22(24)28/h3-8,13-15H,2,9-12H2,1H3,(H,29,34)(H,30,33). The summed E-state index contributed by atoms with van der Waals surface area (Å²) in [5.41, 5.74) is 0.998. The number of likely N-dealkylation sites (N-methyl/N-ethyl adjacent to an activating group) is 1. The summed E-state index contributed by atoms with van der Waals surface area (Å²) >= 11 is 0. The number of nitrogens with zero attached hydrogens (tertiary/aromatic N) is 2. The number of pyridine rings is 1. The average molecular weight is 463 g/mol. The summed E-state index contributed by atoms with van der Waals surface area (Å²) in [5, 5.41) is 2.89. The molecule has 1 amide bonds. The molecule has 1 fully saturated rings. The zero-order valence-corrected chi connectivity index (χ0v) is 18.7. The van der Waals surface area contributed by atoms with Crippen molar-refractivity contribution in [1.29, 1.82) is 0 Å². The highest BCUT2D eigenvalue weighted by molar-refractivity contribution is 6.13. The zero-order chi connectivity index (χ0) is 23.8. The van der Waals surface area contributed by atoms with Crippen LogP contribution < -0.4 is 15.6 Å². The number of nitrogens with one attached hydrogen (secondary N) is 2. The molecule has 0 spiro atoms. The van der Waals surface area contributed by atoms with Gasteiger partial charge in [-0.3, -0.25) is 9.59 Å². The van der Waals surface area contributed by atoms with Gasteiger partial charge in [-0.15, -0.1) is 0 Å². The zero-order valence-electron chi connectivity index (χ0n) is 18.7. The average Bonchev–Trinajstić information content (AvgIpc) is 2.85. The van der Waals surface area contributed by atoms with Gasteiger partial charge >= 0.3 is 0 Å². The Morgan fingerprint density at radius 3 is 2.50 bits per heavy atom. The number of hydrogen-bond donors (Lipinski definition) is 2. The maximum Gasteiger partial charge on any atom is 0.257 e. The van der Waals surface area contributed by atoms with E-state index in [0.717, 1.165) is 50.5 Å². The smallest absolute Gasteiger partial charge is 0.257 e. The minimum absolute atomic E-state index is 0.00852. The molecule has 0 unspecified atom stereocenters. The summed E-state index contributed by atoms with van der Waals surface area (Å²) in [7, 11) is 0.